The Bertz CT molecular complexity index is 407. The van der Waals surface area contributed by atoms with Crippen molar-refractivity contribution in [1.29, 1.82) is 0 Å². The minimum Gasteiger partial charge on any atom is -0.411 e. The molecular formula is C11H11BrFNO2. The van der Waals surface area contributed by atoms with Gasteiger partial charge in [0, 0.05) is 5.56 Å². The Morgan fingerprint density at radius 2 is 2.38 bits per heavy atom. The monoisotopic (exact) mass is 287 g/mol. The molecule has 0 bridgehead atoms. The zero-order valence-electron chi connectivity index (χ0n) is 8.49. The quantitative estimate of drug-likeness (QED) is 0.297. The van der Waals surface area contributed by atoms with E-state index in [2.05, 4.69) is 27.7 Å². The Labute approximate surface area is 101 Å². The number of benzene rings is 1. The van der Waals surface area contributed by atoms with Crippen LogP contribution < -0.4 is 0 Å². The summed E-state index contributed by atoms with van der Waals surface area (Å²) in [5.41, 5.74) is 0.933. The van der Waals surface area contributed by atoms with E-state index in [0.717, 1.165) is 0 Å². The minimum absolute atomic E-state index is 0.139. The van der Waals surface area contributed by atoms with Crippen molar-refractivity contribution in [2.75, 3.05) is 13.2 Å². The predicted molar refractivity (Wildman–Crippen MR) is 63.4 cm³/mol. The lowest BCUT2D eigenvalue weighted by atomic mass is 10.1. The van der Waals surface area contributed by atoms with Crippen molar-refractivity contribution in [2.45, 2.75) is 0 Å². The van der Waals surface area contributed by atoms with E-state index in [1.807, 2.05) is 0 Å². The molecule has 0 aliphatic heterocycles. The maximum absolute atomic E-state index is 13.0. The smallest absolute Gasteiger partial charge is 0.137 e. The van der Waals surface area contributed by atoms with Gasteiger partial charge in [0.25, 0.3) is 0 Å². The third kappa shape index (κ3) is 3.43. The first-order chi connectivity index (χ1) is 7.69. The highest BCUT2D eigenvalue weighted by Gasteiger charge is 2.07. The van der Waals surface area contributed by atoms with Gasteiger partial charge in [-0.2, -0.15) is 0 Å². The second kappa shape index (κ2) is 6.40. The summed E-state index contributed by atoms with van der Waals surface area (Å²) in [4.78, 5) is 0. The zero-order chi connectivity index (χ0) is 12.0. The van der Waals surface area contributed by atoms with Crippen LogP contribution in [-0.4, -0.2) is 24.1 Å². The number of nitrogens with zero attached hydrogens (tertiary/aromatic N) is 1. The number of hydrogen-bond acceptors (Lipinski definition) is 3. The van der Waals surface area contributed by atoms with Crippen molar-refractivity contribution in [3.8, 4) is 0 Å². The van der Waals surface area contributed by atoms with Crippen LogP contribution in [0.25, 0.3) is 0 Å². The summed E-state index contributed by atoms with van der Waals surface area (Å²) in [5.74, 6) is -0.368. The molecule has 0 saturated carbocycles. The van der Waals surface area contributed by atoms with Crippen molar-refractivity contribution in [3.05, 3.63) is 46.7 Å². The third-order valence-electron chi connectivity index (χ3n) is 1.85. The fraction of sp³-hybridized carbons (Fsp3) is 0.182. The number of hydrogen-bond donors (Lipinski definition) is 1. The molecule has 0 atom stereocenters. The van der Waals surface area contributed by atoms with Gasteiger partial charge < -0.3 is 9.94 Å². The van der Waals surface area contributed by atoms with Crippen LogP contribution in [0.15, 0.2) is 40.5 Å². The number of oxime groups is 1. The van der Waals surface area contributed by atoms with Crippen LogP contribution >= 0.6 is 15.9 Å². The van der Waals surface area contributed by atoms with Gasteiger partial charge in [0.15, 0.2) is 0 Å². The fourth-order valence-corrected chi connectivity index (χ4v) is 1.46. The summed E-state index contributed by atoms with van der Waals surface area (Å²) in [6.45, 7) is 4.00. The van der Waals surface area contributed by atoms with E-state index in [0.29, 0.717) is 22.4 Å². The topological polar surface area (TPSA) is 41.8 Å². The van der Waals surface area contributed by atoms with Crippen LogP contribution in [0.2, 0.25) is 0 Å². The molecule has 0 amide bonds. The summed E-state index contributed by atoms with van der Waals surface area (Å²) in [5, 5.41) is 11.9. The van der Waals surface area contributed by atoms with Crippen LogP contribution in [0.5, 0.6) is 0 Å². The normalized spacial score (nSPS) is 11.5. The third-order valence-corrected chi connectivity index (χ3v) is 2.46. The maximum atomic E-state index is 13.0. The number of rotatable bonds is 5. The molecule has 86 valence electrons. The first-order valence-corrected chi connectivity index (χ1v) is 5.33. The standard InChI is InChI=1S/C11H11BrFNO2/c1-2-5-16-7-11(14-15)8-3-4-10(13)9(12)6-8/h2-4,6,15H,1,5,7H2/b14-11+. The van der Waals surface area contributed by atoms with Gasteiger partial charge >= 0.3 is 0 Å². The lowest BCUT2D eigenvalue weighted by Gasteiger charge is -2.05. The van der Waals surface area contributed by atoms with E-state index in [9.17, 15) is 4.39 Å². The Hall–Kier alpha value is -1.20. The average molecular weight is 288 g/mol. The highest BCUT2D eigenvalue weighted by atomic mass is 79.9. The van der Waals surface area contributed by atoms with E-state index in [1.54, 1.807) is 6.08 Å². The second-order valence-electron chi connectivity index (χ2n) is 2.98. The number of halogens is 2. The van der Waals surface area contributed by atoms with Crippen molar-refractivity contribution < 1.29 is 14.3 Å². The van der Waals surface area contributed by atoms with Crippen LogP contribution in [0.1, 0.15) is 5.56 Å². The molecule has 0 fully saturated rings. The van der Waals surface area contributed by atoms with E-state index < -0.39 is 0 Å². The zero-order valence-corrected chi connectivity index (χ0v) is 10.1. The molecule has 0 spiro atoms. The summed E-state index contributed by atoms with van der Waals surface area (Å²) >= 11 is 3.06. The highest BCUT2D eigenvalue weighted by molar-refractivity contribution is 9.10. The van der Waals surface area contributed by atoms with Gasteiger partial charge in [-0.3, -0.25) is 0 Å². The Morgan fingerprint density at radius 1 is 1.62 bits per heavy atom. The molecule has 1 rings (SSSR count). The summed E-state index contributed by atoms with van der Waals surface area (Å²) in [6.07, 6.45) is 1.59. The van der Waals surface area contributed by atoms with Crippen molar-refractivity contribution in [2.24, 2.45) is 5.16 Å². The molecule has 16 heavy (non-hydrogen) atoms. The molecule has 0 aromatic heterocycles. The molecule has 3 nitrogen and oxygen atoms in total. The van der Waals surface area contributed by atoms with E-state index in [1.165, 1.54) is 18.2 Å². The Morgan fingerprint density at radius 3 is 2.94 bits per heavy atom. The largest absolute Gasteiger partial charge is 0.411 e. The first-order valence-electron chi connectivity index (χ1n) is 4.54. The average Bonchev–Trinajstić information content (AvgIpc) is 2.29. The van der Waals surface area contributed by atoms with E-state index in [4.69, 9.17) is 9.94 Å². The molecule has 1 aromatic carbocycles. The van der Waals surface area contributed by atoms with Gasteiger partial charge in [-0.05, 0) is 34.1 Å². The predicted octanol–water partition coefficient (Wildman–Crippen LogP) is 2.97. The SMILES string of the molecule is C=CCOC/C(=N\O)c1ccc(F)c(Br)c1. The molecule has 1 N–H and O–H groups in total. The van der Waals surface area contributed by atoms with Crippen molar-refractivity contribution in [3.63, 3.8) is 0 Å². The fourth-order valence-electron chi connectivity index (χ4n) is 1.08. The van der Waals surface area contributed by atoms with Crippen molar-refractivity contribution >= 4 is 21.6 Å². The Balaban J connectivity index is 2.79. The van der Waals surface area contributed by atoms with E-state index in [-0.39, 0.29) is 12.4 Å². The highest BCUT2D eigenvalue weighted by Crippen LogP contribution is 2.17. The molecule has 0 saturated heterocycles. The maximum Gasteiger partial charge on any atom is 0.137 e. The summed E-state index contributed by atoms with van der Waals surface area (Å²) < 4.78 is 18.4. The first kappa shape index (κ1) is 12.9. The van der Waals surface area contributed by atoms with Crippen LogP contribution in [0.4, 0.5) is 4.39 Å². The molecule has 0 aliphatic carbocycles. The minimum atomic E-state index is -0.368. The van der Waals surface area contributed by atoms with Gasteiger partial charge in [-0.15, -0.1) is 6.58 Å². The lowest BCUT2D eigenvalue weighted by Crippen LogP contribution is -2.11. The molecule has 0 unspecified atom stereocenters. The van der Waals surface area contributed by atoms with Crippen LogP contribution in [0, 0.1) is 5.82 Å². The van der Waals surface area contributed by atoms with Gasteiger partial charge in [-0.25, -0.2) is 4.39 Å². The van der Waals surface area contributed by atoms with Crippen LogP contribution in [0.3, 0.4) is 0 Å². The second-order valence-corrected chi connectivity index (χ2v) is 3.83. The Kier molecular flexibility index (Phi) is 5.14. The molecule has 1 aromatic rings. The molecule has 0 radical (unpaired) electrons. The van der Waals surface area contributed by atoms with Gasteiger partial charge in [-0.1, -0.05) is 11.2 Å². The van der Waals surface area contributed by atoms with Gasteiger partial charge in [0.05, 0.1) is 17.7 Å². The number of ether oxygens (including phenoxy) is 1. The van der Waals surface area contributed by atoms with E-state index >= 15 is 0 Å². The lowest BCUT2D eigenvalue weighted by molar-refractivity contribution is 0.200. The van der Waals surface area contributed by atoms with Crippen molar-refractivity contribution in [1.82, 2.24) is 0 Å². The summed E-state index contributed by atoms with van der Waals surface area (Å²) in [6, 6.07) is 4.34. The molecular weight excluding hydrogens is 277 g/mol. The molecule has 0 heterocycles. The van der Waals surface area contributed by atoms with Gasteiger partial charge in [0.1, 0.15) is 11.5 Å². The van der Waals surface area contributed by atoms with Crippen LogP contribution in [-0.2, 0) is 4.74 Å². The molecule has 5 heteroatoms. The van der Waals surface area contributed by atoms with Gasteiger partial charge in [0.2, 0.25) is 0 Å². The summed E-state index contributed by atoms with van der Waals surface area (Å²) in [7, 11) is 0. The molecule has 0 aliphatic rings.